The number of methoxy groups -OCH3 is 3. The van der Waals surface area contributed by atoms with Gasteiger partial charge >= 0.3 is 0 Å². The van der Waals surface area contributed by atoms with Crippen LogP contribution < -0.4 is 30.2 Å². The number of nitrogens with one attached hydrogen (secondary N) is 3. The Labute approximate surface area is 222 Å². The standard InChI is InChI=1S/C28H31N3O5S/c1-28(2,3)19-9-7-17(8-10-19)25(32)29-20-11-13-21(14-12-20)30-27(37)31-26(33)18-15-22(34-4)24(36-6)23(16-18)35-5/h7-16H,1-6H3,(H,29,32)(H2,30,31,33,37). The molecule has 3 N–H and O–H groups in total. The molecule has 0 heterocycles. The van der Waals surface area contributed by atoms with E-state index in [9.17, 15) is 9.59 Å². The third-order valence-corrected chi connectivity index (χ3v) is 5.77. The second-order valence-corrected chi connectivity index (χ2v) is 9.59. The molecule has 3 rings (SSSR count). The molecule has 0 aromatic heterocycles. The Balaban J connectivity index is 1.60. The molecule has 0 aliphatic heterocycles. The molecular formula is C28H31N3O5S. The molecule has 3 aromatic rings. The lowest BCUT2D eigenvalue weighted by atomic mass is 9.87. The van der Waals surface area contributed by atoms with E-state index in [-0.39, 0.29) is 22.0 Å². The van der Waals surface area contributed by atoms with Gasteiger partial charge in [-0.3, -0.25) is 14.9 Å². The lowest BCUT2D eigenvalue weighted by Gasteiger charge is -2.19. The molecule has 2 amide bonds. The molecule has 0 saturated carbocycles. The van der Waals surface area contributed by atoms with Crippen molar-refractivity contribution < 1.29 is 23.8 Å². The molecule has 3 aromatic carbocycles. The van der Waals surface area contributed by atoms with Crippen LogP contribution >= 0.6 is 12.2 Å². The zero-order valence-electron chi connectivity index (χ0n) is 21.7. The van der Waals surface area contributed by atoms with Gasteiger partial charge in [-0.2, -0.15) is 0 Å². The molecule has 0 spiro atoms. The van der Waals surface area contributed by atoms with Crippen LogP contribution in [0.5, 0.6) is 17.2 Å². The lowest BCUT2D eigenvalue weighted by Crippen LogP contribution is -2.34. The van der Waals surface area contributed by atoms with Crippen LogP contribution in [0.3, 0.4) is 0 Å². The molecule has 37 heavy (non-hydrogen) atoms. The van der Waals surface area contributed by atoms with Crippen molar-refractivity contribution >= 4 is 40.5 Å². The monoisotopic (exact) mass is 521 g/mol. The summed E-state index contributed by atoms with van der Waals surface area (Å²) in [6.07, 6.45) is 0. The predicted molar refractivity (Wildman–Crippen MR) is 149 cm³/mol. The van der Waals surface area contributed by atoms with Gasteiger partial charge in [0.2, 0.25) is 5.75 Å². The average molecular weight is 522 g/mol. The van der Waals surface area contributed by atoms with Crippen molar-refractivity contribution in [1.82, 2.24) is 5.32 Å². The Morgan fingerprint density at radius 3 is 1.68 bits per heavy atom. The molecule has 0 aliphatic carbocycles. The number of carbonyl (C=O) groups excluding carboxylic acids is 2. The van der Waals surface area contributed by atoms with E-state index in [1.165, 1.54) is 33.5 Å². The molecule has 0 radical (unpaired) electrons. The molecule has 0 saturated heterocycles. The van der Waals surface area contributed by atoms with Crippen LogP contribution in [0.25, 0.3) is 0 Å². The highest BCUT2D eigenvalue weighted by Gasteiger charge is 2.18. The molecular weight excluding hydrogens is 490 g/mol. The normalized spacial score (nSPS) is 10.8. The summed E-state index contributed by atoms with van der Waals surface area (Å²) in [7, 11) is 4.43. The zero-order valence-corrected chi connectivity index (χ0v) is 22.5. The second-order valence-electron chi connectivity index (χ2n) is 9.18. The maximum absolute atomic E-state index is 12.7. The minimum Gasteiger partial charge on any atom is -0.493 e. The third kappa shape index (κ3) is 6.98. The van der Waals surface area contributed by atoms with Gasteiger partial charge in [-0.15, -0.1) is 0 Å². The number of rotatable bonds is 7. The summed E-state index contributed by atoms with van der Waals surface area (Å²) in [5, 5.41) is 8.57. The van der Waals surface area contributed by atoms with Gasteiger partial charge in [0.1, 0.15) is 0 Å². The molecule has 0 atom stereocenters. The molecule has 0 bridgehead atoms. The van der Waals surface area contributed by atoms with E-state index in [1.54, 1.807) is 24.3 Å². The van der Waals surface area contributed by atoms with Crippen molar-refractivity contribution in [3.05, 3.63) is 77.4 Å². The van der Waals surface area contributed by atoms with Crippen molar-refractivity contribution in [3.63, 3.8) is 0 Å². The topological polar surface area (TPSA) is 97.9 Å². The Hall–Kier alpha value is -4.11. The van der Waals surface area contributed by atoms with E-state index in [1.807, 2.05) is 24.3 Å². The first kappa shape index (κ1) is 27.5. The van der Waals surface area contributed by atoms with Crippen LogP contribution in [-0.4, -0.2) is 38.3 Å². The van der Waals surface area contributed by atoms with Crippen LogP contribution in [0.4, 0.5) is 11.4 Å². The average Bonchev–Trinajstić information content (AvgIpc) is 2.88. The van der Waals surface area contributed by atoms with E-state index < -0.39 is 5.91 Å². The molecule has 9 heteroatoms. The number of hydrogen-bond donors (Lipinski definition) is 3. The third-order valence-electron chi connectivity index (χ3n) is 5.57. The van der Waals surface area contributed by atoms with Gasteiger partial charge in [0.25, 0.3) is 11.8 Å². The van der Waals surface area contributed by atoms with Gasteiger partial charge in [0, 0.05) is 22.5 Å². The summed E-state index contributed by atoms with van der Waals surface area (Å²) < 4.78 is 15.9. The maximum Gasteiger partial charge on any atom is 0.257 e. The second kappa shape index (κ2) is 11.7. The number of carbonyl (C=O) groups is 2. The quantitative estimate of drug-likeness (QED) is 0.359. The number of hydrogen-bond acceptors (Lipinski definition) is 6. The molecule has 8 nitrogen and oxygen atoms in total. The van der Waals surface area contributed by atoms with Crippen LogP contribution in [-0.2, 0) is 5.41 Å². The number of benzene rings is 3. The van der Waals surface area contributed by atoms with Gasteiger partial charge in [-0.25, -0.2) is 0 Å². The summed E-state index contributed by atoms with van der Waals surface area (Å²) in [5.41, 5.74) is 3.31. The maximum atomic E-state index is 12.7. The van der Waals surface area contributed by atoms with Gasteiger partial charge in [0.05, 0.1) is 21.3 Å². The van der Waals surface area contributed by atoms with Gasteiger partial charge < -0.3 is 24.8 Å². The Morgan fingerprint density at radius 1 is 0.703 bits per heavy atom. The largest absolute Gasteiger partial charge is 0.493 e. The SMILES string of the molecule is COc1cc(C(=O)NC(=S)Nc2ccc(NC(=O)c3ccc(C(C)(C)C)cc3)cc2)cc(OC)c1OC. The number of thiocarbonyl (C=S) groups is 1. The minimum absolute atomic E-state index is 0.0201. The van der Waals surface area contributed by atoms with E-state index in [0.717, 1.165) is 5.56 Å². The molecule has 0 unspecified atom stereocenters. The number of anilines is 2. The molecule has 0 fully saturated rings. The fourth-order valence-electron chi connectivity index (χ4n) is 3.51. The fraction of sp³-hybridized carbons (Fsp3) is 0.250. The van der Waals surface area contributed by atoms with E-state index in [0.29, 0.717) is 34.2 Å². The number of ether oxygens (including phenoxy) is 3. The zero-order chi connectivity index (χ0) is 27.2. The summed E-state index contributed by atoms with van der Waals surface area (Å²) in [5.74, 6) is 0.450. The van der Waals surface area contributed by atoms with E-state index in [4.69, 9.17) is 26.4 Å². The van der Waals surface area contributed by atoms with E-state index >= 15 is 0 Å². The van der Waals surface area contributed by atoms with Gasteiger partial charge in [-0.1, -0.05) is 32.9 Å². The smallest absolute Gasteiger partial charge is 0.257 e. The highest BCUT2D eigenvalue weighted by atomic mass is 32.1. The highest BCUT2D eigenvalue weighted by molar-refractivity contribution is 7.80. The first-order valence-electron chi connectivity index (χ1n) is 11.5. The minimum atomic E-state index is -0.446. The Morgan fingerprint density at radius 2 is 1.22 bits per heavy atom. The van der Waals surface area contributed by atoms with Gasteiger partial charge in [0.15, 0.2) is 16.6 Å². The molecule has 0 aliphatic rings. The summed E-state index contributed by atoms with van der Waals surface area (Å²) >= 11 is 5.29. The Bertz CT molecular complexity index is 1260. The van der Waals surface area contributed by atoms with Crippen molar-refractivity contribution in [1.29, 1.82) is 0 Å². The van der Waals surface area contributed by atoms with E-state index in [2.05, 4.69) is 36.7 Å². The van der Waals surface area contributed by atoms with Crippen LogP contribution in [0, 0.1) is 0 Å². The molecule has 194 valence electrons. The van der Waals surface area contributed by atoms with Crippen molar-refractivity contribution in [2.24, 2.45) is 0 Å². The Kier molecular flexibility index (Phi) is 8.73. The van der Waals surface area contributed by atoms with Crippen molar-refractivity contribution in [2.75, 3.05) is 32.0 Å². The van der Waals surface area contributed by atoms with Crippen LogP contribution in [0.15, 0.2) is 60.7 Å². The first-order valence-corrected chi connectivity index (χ1v) is 11.9. The first-order chi connectivity index (χ1) is 17.5. The van der Waals surface area contributed by atoms with Crippen LogP contribution in [0.2, 0.25) is 0 Å². The fourth-order valence-corrected chi connectivity index (χ4v) is 3.72. The number of amides is 2. The van der Waals surface area contributed by atoms with Crippen molar-refractivity contribution in [2.45, 2.75) is 26.2 Å². The lowest BCUT2D eigenvalue weighted by molar-refractivity contribution is 0.0975. The highest BCUT2D eigenvalue weighted by Crippen LogP contribution is 2.38. The van der Waals surface area contributed by atoms with Gasteiger partial charge in [-0.05, 0) is 71.7 Å². The van der Waals surface area contributed by atoms with Crippen LogP contribution in [0.1, 0.15) is 47.1 Å². The predicted octanol–water partition coefficient (Wildman–Crippen LogP) is 5.39. The summed E-state index contributed by atoms with van der Waals surface area (Å²) in [6.45, 7) is 6.38. The van der Waals surface area contributed by atoms with Crippen molar-refractivity contribution in [3.8, 4) is 17.2 Å². The summed E-state index contributed by atoms with van der Waals surface area (Å²) in [6, 6.07) is 17.6. The summed E-state index contributed by atoms with van der Waals surface area (Å²) in [4.78, 5) is 25.3.